The lowest BCUT2D eigenvalue weighted by Crippen LogP contribution is -2.01. The van der Waals surface area contributed by atoms with Crippen LogP contribution in [0.15, 0.2) is 36.5 Å². The molecule has 1 aromatic carbocycles. The SMILES string of the molecule is CCNc1ccccc1-c1cnc(Cl)c(C(=O)O)c1. The number of nitrogens with zero attached hydrogens (tertiary/aromatic N) is 1. The van der Waals surface area contributed by atoms with Gasteiger partial charge in [0.05, 0.1) is 5.56 Å². The lowest BCUT2D eigenvalue weighted by atomic mass is 10.0. The highest BCUT2D eigenvalue weighted by Crippen LogP contribution is 2.29. The Hall–Kier alpha value is -2.07. The first-order valence-electron chi connectivity index (χ1n) is 5.85. The van der Waals surface area contributed by atoms with Crippen molar-refractivity contribution >= 4 is 23.3 Å². The van der Waals surface area contributed by atoms with Crippen LogP contribution in [0.1, 0.15) is 17.3 Å². The molecule has 4 nitrogen and oxygen atoms in total. The van der Waals surface area contributed by atoms with Gasteiger partial charge in [-0.1, -0.05) is 29.8 Å². The molecule has 19 heavy (non-hydrogen) atoms. The van der Waals surface area contributed by atoms with Gasteiger partial charge < -0.3 is 10.4 Å². The van der Waals surface area contributed by atoms with E-state index in [2.05, 4.69) is 10.3 Å². The van der Waals surface area contributed by atoms with Crippen molar-refractivity contribution in [3.05, 3.63) is 47.2 Å². The predicted octanol–water partition coefficient (Wildman–Crippen LogP) is 3.53. The van der Waals surface area contributed by atoms with Crippen molar-refractivity contribution in [1.29, 1.82) is 0 Å². The number of carboxylic acid groups (broad SMARTS) is 1. The Bertz CT molecular complexity index is 614. The maximum atomic E-state index is 11.1. The smallest absolute Gasteiger partial charge is 0.338 e. The topological polar surface area (TPSA) is 62.2 Å². The minimum absolute atomic E-state index is 0.00261. The standard InChI is InChI=1S/C14H13ClN2O2/c1-2-16-12-6-4-3-5-10(12)9-7-11(14(18)19)13(15)17-8-9/h3-8,16H,2H2,1H3,(H,18,19). The molecular formula is C14H13ClN2O2. The molecule has 0 aliphatic carbocycles. The molecule has 1 heterocycles. The molecule has 0 bridgehead atoms. The Kier molecular flexibility index (Phi) is 4.02. The molecule has 0 saturated carbocycles. The number of para-hydroxylation sites is 1. The fourth-order valence-electron chi connectivity index (χ4n) is 1.82. The second-order valence-electron chi connectivity index (χ2n) is 3.94. The lowest BCUT2D eigenvalue weighted by molar-refractivity contribution is 0.0696. The second kappa shape index (κ2) is 5.71. The van der Waals surface area contributed by atoms with Gasteiger partial charge in [0, 0.05) is 29.6 Å². The molecule has 0 atom stereocenters. The largest absolute Gasteiger partial charge is 0.478 e. The molecule has 0 amide bonds. The number of aromatic nitrogens is 1. The normalized spacial score (nSPS) is 10.2. The van der Waals surface area contributed by atoms with Gasteiger partial charge in [-0.3, -0.25) is 0 Å². The number of pyridine rings is 1. The molecule has 0 aliphatic rings. The van der Waals surface area contributed by atoms with Crippen molar-refractivity contribution in [3.8, 4) is 11.1 Å². The van der Waals surface area contributed by atoms with Crippen molar-refractivity contribution in [2.75, 3.05) is 11.9 Å². The van der Waals surface area contributed by atoms with Crippen LogP contribution in [0.5, 0.6) is 0 Å². The molecule has 2 aromatic rings. The summed E-state index contributed by atoms with van der Waals surface area (Å²) in [4.78, 5) is 15.0. The summed E-state index contributed by atoms with van der Waals surface area (Å²) < 4.78 is 0. The van der Waals surface area contributed by atoms with Crippen LogP contribution in [0, 0.1) is 0 Å². The van der Waals surface area contributed by atoms with Crippen LogP contribution in [0.3, 0.4) is 0 Å². The van der Waals surface area contributed by atoms with E-state index >= 15 is 0 Å². The van der Waals surface area contributed by atoms with Gasteiger partial charge in [0.15, 0.2) is 0 Å². The Labute approximate surface area is 116 Å². The van der Waals surface area contributed by atoms with Gasteiger partial charge in [-0.25, -0.2) is 9.78 Å². The van der Waals surface area contributed by atoms with E-state index in [0.29, 0.717) is 0 Å². The van der Waals surface area contributed by atoms with Crippen LogP contribution in [0.2, 0.25) is 5.15 Å². The number of rotatable bonds is 4. The molecule has 0 radical (unpaired) electrons. The third kappa shape index (κ3) is 2.85. The van der Waals surface area contributed by atoms with E-state index in [0.717, 1.165) is 23.4 Å². The van der Waals surface area contributed by atoms with Gasteiger partial charge in [-0.05, 0) is 19.1 Å². The third-order valence-electron chi connectivity index (χ3n) is 2.67. The summed E-state index contributed by atoms with van der Waals surface area (Å²) in [6, 6.07) is 9.20. The summed E-state index contributed by atoms with van der Waals surface area (Å²) in [5.74, 6) is -1.08. The second-order valence-corrected chi connectivity index (χ2v) is 4.30. The molecule has 0 saturated heterocycles. The van der Waals surface area contributed by atoms with Crippen LogP contribution >= 0.6 is 11.6 Å². The van der Waals surface area contributed by atoms with E-state index in [1.807, 2.05) is 31.2 Å². The highest BCUT2D eigenvalue weighted by atomic mass is 35.5. The summed E-state index contributed by atoms with van der Waals surface area (Å²) in [7, 11) is 0. The van der Waals surface area contributed by atoms with Crippen molar-refractivity contribution in [1.82, 2.24) is 4.98 Å². The Morgan fingerprint density at radius 2 is 2.16 bits per heavy atom. The average Bonchev–Trinajstić information content (AvgIpc) is 2.40. The van der Waals surface area contributed by atoms with Crippen molar-refractivity contribution in [2.45, 2.75) is 6.92 Å². The number of hydrogen-bond acceptors (Lipinski definition) is 3. The number of halogens is 1. The van der Waals surface area contributed by atoms with E-state index in [-0.39, 0.29) is 10.7 Å². The molecule has 0 spiro atoms. The van der Waals surface area contributed by atoms with Crippen molar-refractivity contribution in [3.63, 3.8) is 0 Å². The van der Waals surface area contributed by atoms with Gasteiger partial charge in [0.2, 0.25) is 0 Å². The fraction of sp³-hybridized carbons (Fsp3) is 0.143. The summed E-state index contributed by atoms with van der Waals surface area (Å²) in [6.07, 6.45) is 1.57. The van der Waals surface area contributed by atoms with Crippen LogP contribution in [0.4, 0.5) is 5.69 Å². The summed E-state index contributed by atoms with van der Waals surface area (Å²) in [5, 5.41) is 12.3. The quantitative estimate of drug-likeness (QED) is 0.839. The first kappa shape index (κ1) is 13.4. The van der Waals surface area contributed by atoms with Crippen LogP contribution < -0.4 is 5.32 Å². The van der Waals surface area contributed by atoms with E-state index in [9.17, 15) is 4.79 Å². The molecule has 0 fully saturated rings. The van der Waals surface area contributed by atoms with E-state index < -0.39 is 5.97 Å². The van der Waals surface area contributed by atoms with E-state index in [1.165, 1.54) is 6.07 Å². The first-order valence-corrected chi connectivity index (χ1v) is 6.23. The Balaban J connectivity index is 2.53. The number of carboxylic acids is 1. The molecule has 2 rings (SSSR count). The maximum absolute atomic E-state index is 11.1. The Morgan fingerprint density at radius 1 is 1.42 bits per heavy atom. The summed E-state index contributed by atoms with van der Waals surface area (Å²) in [6.45, 7) is 2.78. The summed E-state index contributed by atoms with van der Waals surface area (Å²) >= 11 is 5.77. The van der Waals surface area contributed by atoms with E-state index in [1.54, 1.807) is 6.20 Å². The number of carbonyl (C=O) groups is 1. The molecular weight excluding hydrogens is 264 g/mol. The van der Waals surface area contributed by atoms with Gasteiger partial charge >= 0.3 is 5.97 Å². The molecule has 2 N–H and O–H groups in total. The molecule has 1 aromatic heterocycles. The van der Waals surface area contributed by atoms with E-state index in [4.69, 9.17) is 16.7 Å². The zero-order valence-corrected chi connectivity index (χ0v) is 11.1. The zero-order valence-electron chi connectivity index (χ0n) is 10.4. The van der Waals surface area contributed by atoms with Crippen molar-refractivity contribution < 1.29 is 9.90 Å². The molecule has 5 heteroatoms. The average molecular weight is 277 g/mol. The number of anilines is 1. The van der Waals surface area contributed by atoms with Crippen molar-refractivity contribution in [2.24, 2.45) is 0 Å². The first-order chi connectivity index (χ1) is 9.13. The van der Waals surface area contributed by atoms with Crippen LogP contribution in [-0.2, 0) is 0 Å². The number of aromatic carboxylic acids is 1. The van der Waals surface area contributed by atoms with Crippen LogP contribution in [-0.4, -0.2) is 22.6 Å². The van der Waals surface area contributed by atoms with Gasteiger partial charge in [0.1, 0.15) is 5.15 Å². The van der Waals surface area contributed by atoms with Gasteiger partial charge in [0.25, 0.3) is 0 Å². The lowest BCUT2D eigenvalue weighted by Gasteiger charge is -2.11. The zero-order chi connectivity index (χ0) is 13.8. The predicted molar refractivity (Wildman–Crippen MR) is 75.8 cm³/mol. The number of nitrogens with one attached hydrogen (secondary N) is 1. The molecule has 0 aliphatic heterocycles. The van der Waals surface area contributed by atoms with Crippen LogP contribution in [0.25, 0.3) is 11.1 Å². The molecule has 0 unspecified atom stereocenters. The third-order valence-corrected chi connectivity index (χ3v) is 2.98. The number of benzene rings is 1. The number of hydrogen-bond donors (Lipinski definition) is 2. The highest BCUT2D eigenvalue weighted by Gasteiger charge is 2.13. The monoisotopic (exact) mass is 276 g/mol. The Morgan fingerprint density at radius 3 is 2.84 bits per heavy atom. The minimum Gasteiger partial charge on any atom is -0.478 e. The van der Waals surface area contributed by atoms with Gasteiger partial charge in [-0.15, -0.1) is 0 Å². The highest BCUT2D eigenvalue weighted by molar-refractivity contribution is 6.32. The van der Waals surface area contributed by atoms with Gasteiger partial charge in [-0.2, -0.15) is 0 Å². The fourth-order valence-corrected chi connectivity index (χ4v) is 2.01. The molecule has 98 valence electrons. The maximum Gasteiger partial charge on any atom is 0.338 e. The summed E-state index contributed by atoms with van der Waals surface area (Å²) in [5.41, 5.74) is 2.56. The minimum atomic E-state index is -1.08.